The lowest BCUT2D eigenvalue weighted by Crippen LogP contribution is -2.73. The predicted molar refractivity (Wildman–Crippen MR) is 91.8 cm³/mol. The zero-order chi connectivity index (χ0) is 19.7. The Kier molecular flexibility index (Phi) is 3.83. The second-order valence-electron chi connectivity index (χ2n) is 8.63. The molecule has 4 unspecified atom stereocenters. The third kappa shape index (κ3) is 1.93. The van der Waals surface area contributed by atoms with Gasteiger partial charge in [0.25, 0.3) is 0 Å². The van der Waals surface area contributed by atoms with Gasteiger partial charge in [0.2, 0.25) is 0 Å². The van der Waals surface area contributed by atoms with Gasteiger partial charge in [0.15, 0.2) is 11.4 Å². The fourth-order valence-corrected chi connectivity index (χ4v) is 6.68. The zero-order valence-electron chi connectivity index (χ0n) is 16.0. The van der Waals surface area contributed by atoms with Gasteiger partial charge in [-0.15, -0.1) is 0 Å². The van der Waals surface area contributed by atoms with Crippen LogP contribution in [0.3, 0.4) is 0 Å². The Morgan fingerprint density at radius 1 is 1.32 bits per heavy atom. The molecule has 2 spiro atoms. The fraction of sp³-hybridized carbons (Fsp3) is 0.750. The Morgan fingerprint density at radius 2 is 2.14 bits per heavy atom. The lowest BCUT2D eigenvalue weighted by molar-refractivity contribution is -0.258. The maximum Gasteiger partial charge on any atom is 0.339 e. The van der Waals surface area contributed by atoms with Gasteiger partial charge >= 0.3 is 11.9 Å². The van der Waals surface area contributed by atoms with Gasteiger partial charge in [-0.25, -0.2) is 4.79 Å². The second kappa shape index (κ2) is 5.87. The number of hydrogen-bond donors (Lipinski definition) is 0. The third-order valence-corrected chi connectivity index (χ3v) is 7.68. The average molecular weight is 392 g/mol. The van der Waals surface area contributed by atoms with Gasteiger partial charge in [0, 0.05) is 19.4 Å². The molecule has 8 nitrogen and oxygen atoms in total. The molecule has 6 rings (SSSR count). The van der Waals surface area contributed by atoms with E-state index in [2.05, 4.69) is 0 Å². The number of esters is 2. The van der Waals surface area contributed by atoms with Crippen molar-refractivity contribution < 1.29 is 38.1 Å². The van der Waals surface area contributed by atoms with Crippen LogP contribution < -0.4 is 0 Å². The maximum atomic E-state index is 13.0. The van der Waals surface area contributed by atoms with Crippen LogP contribution in [-0.2, 0) is 38.1 Å². The Balaban J connectivity index is 1.66. The van der Waals surface area contributed by atoms with Crippen molar-refractivity contribution in [2.24, 2.45) is 16.7 Å². The number of fused-ring (bicyclic) bond motifs is 2. The standard InChI is InChI=1S/C20H24O8/c1-11(21)27-15-4-3-13(22)16-19(15)9-25-17(23)20(28-16)7-12-5-6-18(19,20)8-14(12)26-10-24-2/h3-4,12,14-16H,5-10H2,1-2H3/t12?,14?,15-,16-,18?,19?,20-/m0/s1. The molecule has 4 bridgehead atoms. The van der Waals surface area contributed by atoms with E-state index in [1.165, 1.54) is 13.0 Å². The summed E-state index contributed by atoms with van der Waals surface area (Å²) < 4.78 is 28.6. The third-order valence-electron chi connectivity index (χ3n) is 7.68. The lowest BCUT2D eigenvalue weighted by Gasteiger charge is -2.64. The Morgan fingerprint density at radius 3 is 2.89 bits per heavy atom. The Labute approximate surface area is 162 Å². The summed E-state index contributed by atoms with van der Waals surface area (Å²) in [6, 6.07) is 0. The van der Waals surface area contributed by atoms with E-state index >= 15 is 0 Å². The normalized spacial score (nSPS) is 48.1. The number of carbonyl (C=O) groups is 3. The van der Waals surface area contributed by atoms with E-state index in [9.17, 15) is 14.4 Å². The van der Waals surface area contributed by atoms with Gasteiger partial charge in [-0.2, -0.15) is 0 Å². The molecule has 3 saturated carbocycles. The molecule has 0 aromatic rings. The van der Waals surface area contributed by atoms with Crippen molar-refractivity contribution in [3.63, 3.8) is 0 Å². The highest BCUT2D eigenvalue weighted by molar-refractivity contribution is 5.98. The highest BCUT2D eigenvalue weighted by Crippen LogP contribution is 2.75. The van der Waals surface area contributed by atoms with Crippen LogP contribution in [0.2, 0.25) is 0 Å². The zero-order valence-corrected chi connectivity index (χ0v) is 16.0. The molecular weight excluding hydrogens is 368 g/mol. The second-order valence-corrected chi connectivity index (χ2v) is 8.63. The first-order valence-corrected chi connectivity index (χ1v) is 9.75. The minimum atomic E-state index is -1.19. The van der Waals surface area contributed by atoms with Gasteiger partial charge in [-0.05, 0) is 43.8 Å². The number of cyclic esters (lactones) is 1. The van der Waals surface area contributed by atoms with E-state index in [4.69, 9.17) is 23.7 Å². The van der Waals surface area contributed by atoms with Crippen LogP contribution in [0, 0.1) is 16.7 Å². The smallest absolute Gasteiger partial charge is 0.339 e. The van der Waals surface area contributed by atoms with Gasteiger partial charge < -0.3 is 23.7 Å². The molecule has 2 heterocycles. The summed E-state index contributed by atoms with van der Waals surface area (Å²) in [6.07, 6.45) is 3.91. The number of carbonyl (C=O) groups excluding carboxylic acids is 3. The summed E-state index contributed by atoms with van der Waals surface area (Å²) in [4.78, 5) is 37.7. The van der Waals surface area contributed by atoms with Gasteiger partial charge in [-0.1, -0.05) is 0 Å². The summed E-state index contributed by atoms with van der Waals surface area (Å²) in [5, 5.41) is 0. The molecule has 0 N–H and O–H groups in total. The molecule has 0 amide bonds. The van der Waals surface area contributed by atoms with Crippen LogP contribution in [0.5, 0.6) is 0 Å². The molecule has 8 heteroatoms. The Hall–Kier alpha value is -1.77. The minimum Gasteiger partial charge on any atom is -0.463 e. The number of rotatable bonds is 4. The van der Waals surface area contributed by atoms with Gasteiger partial charge in [-0.3, -0.25) is 9.59 Å². The monoisotopic (exact) mass is 392 g/mol. The van der Waals surface area contributed by atoms with Crippen molar-refractivity contribution in [1.82, 2.24) is 0 Å². The van der Waals surface area contributed by atoms with E-state index in [0.29, 0.717) is 19.3 Å². The molecule has 7 atom stereocenters. The van der Waals surface area contributed by atoms with E-state index in [1.807, 2.05) is 0 Å². The first kappa shape index (κ1) is 18.3. The topological polar surface area (TPSA) is 97.4 Å². The van der Waals surface area contributed by atoms with Crippen LogP contribution in [0.4, 0.5) is 0 Å². The molecule has 2 saturated heterocycles. The first-order valence-electron chi connectivity index (χ1n) is 9.75. The number of ketones is 1. The predicted octanol–water partition coefficient (Wildman–Crippen LogP) is 0.917. The molecule has 4 aliphatic carbocycles. The van der Waals surface area contributed by atoms with Gasteiger partial charge in [0.1, 0.15) is 25.6 Å². The van der Waals surface area contributed by atoms with E-state index in [-0.39, 0.29) is 31.2 Å². The lowest BCUT2D eigenvalue weighted by atomic mass is 9.41. The molecule has 2 aliphatic heterocycles. The highest BCUT2D eigenvalue weighted by atomic mass is 16.7. The van der Waals surface area contributed by atoms with Crippen molar-refractivity contribution in [2.75, 3.05) is 20.5 Å². The van der Waals surface area contributed by atoms with Crippen LogP contribution in [0.1, 0.15) is 32.6 Å². The van der Waals surface area contributed by atoms with Crippen LogP contribution in [0.15, 0.2) is 12.2 Å². The van der Waals surface area contributed by atoms with Gasteiger partial charge in [0.05, 0.1) is 11.5 Å². The number of hydrogen-bond acceptors (Lipinski definition) is 8. The van der Waals surface area contributed by atoms with E-state index in [0.717, 1.165) is 6.42 Å². The van der Waals surface area contributed by atoms with Crippen LogP contribution >= 0.6 is 0 Å². The van der Waals surface area contributed by atoms with Crippen molar-refractivity contribution in [1.29, 1.82) is 0 Å². The van der Waals surface area contributed by atoms with E-state index in [1.54, 1.807) is 13.2 Å². The molecule has 0 aromatic carbocycles. The van der Waals surface area contributed by atoms with Crippen LogP contribution in [-0.4, -0.2) is 62.1 Å². The molecule has 152 valence electrons. The molecule has 5 fully saturated rings. The minimum absolute atomic E-state index is 0.00601. The highest BCUT2D eigenvalue weighted by Gasteiger charge is 2.85. The summed E-state index contributed by atoms with van der Waals surface area (Å²) in [5.41, 5.74) is -2.81. The summed E-state index contributed by atoms with van der Waals surface area (Å²) in [5.74, 6) is -0.936. The fourth-order valence-electron chi connectivity index (χ4n) is 6.68. The summed E-state index contributed by atoms with van der Waals surface area (Å²) in [6.45, 7) is 1.50. The quantitative estimate of drug-likeness (QED) is 0.515. The van der Waals surface area contributed by atoms with E-state index < -0.39 is 40.6 Å². The molecular formula is C20H24O8. The summed E-state index contributed by atoms with van der Waals surface area (Å²) >= 11 is 0. The van der Waals surface area contributed by atoms with Crippen molar-refractivity contribution in [2.45, 2.75) is 56.5 Å². The number of methoxy groups -OCH3 is 1. The number of ether oxygens (including phenoxy) is 5. The SMILES string of the molecule is COCOC1CC23CCC1C[C@@]21O[C@H]2C(=O)C=C[C@H](OC(C)=O)C23COC1=O. The van der Waals surface area contributed by atoms with Crippen molar-refractivity contribution in [3.8, 4) is 0 Å². The Bertz CT molecular complexity index is 776. The van der Waals surface area contributed by atoms with Crippen LogP contribution in [0.25, 0.3) is 0 Å². The molecule has 0 aromatic heterocycles. The largest absolute Gasteiger partial charge is 0.463 e. The first-order chi connectivity index (χ1) is 13.4. The molecule has 6 aliphatic rings. The average Bonchev–Trinajstić information content (AvgIpc) is 2.87. The molecule has 0 radical (unpaired) electrons. The van der Waals surface area contributed by atoms with Crippen molar-refractivity contribution >= 4 is 17.7 Å². The van der Waals surface area contributed by atoms with Crippen molar-refractivity contribution in [3.05, 3.63) is 12.2 Å². The maximum absolute atomic E-state index is 13.0. The summed E-state index contributed by atoms with van der Waals surface area (Å²) in [7, 11) is 1.57. The molecule has 28 heavy (non-hydrogen) atoms.